The number of anilines is 2. The zero-order chi connectivity index (χ0) is 18.5. The molecule has 2 aromatic rings. The van der Waals surface area contributed by atoms with Gasteiger partial charge in [0, 0.05) is 43.1 Å². The van der Waals surface area contributed by atoms with Gasteiger partial charge in [0.05, 0.1) is 6.54 Å². The van der Waals surface area contributed by atoms with Crippen LogP contribution in [0.2, 0.25) is 5.02 Å². The number of halogens is 1. The van der Waals surface area contributed by atoms with Gasteiger partial charge in [0.1, 0.15) is 11.4 Å². The molecule has 1 fully saturated rings. The summed E-state index contributed by atoms with van der Waals surface area (Å²) in [4.78, 5) is 31.7. The Balaban J connectivity index is 1.53. The minimum absolute atomic E-state index is 0.0927. The molecule has 0 radical (unpaired) electrons. The predicted molar refractivity (Wildman–Crippen MR) is 99.9 cm³/mol. The molecule has 2 N–H and O–H groups in total. The monoisotopic (exact) mass is 374 g/mol. The van der Waals surface area contributed by atoms with E-state index < -0.39 is 5.97 Å². The lowest BCUT2D eigenvalue weighted by Gasteiger charge is -2.35. The van der Waals surface area contributed by atoms with Crippen molar-refractivity contribution in [2.75, 3.05) is 42.9 Å². The Morgan fingerprint density at radius 1 is 1.12 bits per heavy atom. The van der Waals surface area contributed by atoms with Crippen LogP contribution in [0.1, 0.15) is 10.4 Å². The second-order valence-corrected chi connectivity index (χ2v) is 6.43. The van der Waals surface area contributed by atoms with Crippen molar-refractivity contribution < 1.29 is 14.7 Å². The summed E-state index contributed by atoms with van der Waals surface area (Å²) in [6, 6.07) is 10.1. The van der Waals surface area contributed by atoms with Gasteiger partial charge in [0.15, 0.2) is 0 Å². The minimum atomic E-state index is -0.988. The largest absolute Gasteiger partial charge is 0.478 e. The first-order chi connectivity index (χ1) is 12.5. The molecular formula is C18H19ClN4O3. The highest BCUT2D eigenvalue weighted by Crippen LogP contribution is 2.19. The van der Waals surface area contributed by atoms with Crippen LogP contribution >= 0.6 is 11.6 Å². The van der Waals surface area contributed by atoms with E-state index in [1.165, 1.54) is 0 Å². The molecule has 1 aliphatic heterocycles. The molecule has 0 unspecified atom stereocenters. The van der Waals surface area contributed by atoms with E-state index in [1.54, 1.807) is 42.6 Å². The predicted octanol–water partition coefficient (Wildman–Crippen LogP) is 2.19. The van der Waals surface area contributed by atoms with Crippen LogP contribution in [0.3, 0.4) is 0 Å². The van der Waals surface area contributed by atoms with Crippen molar-refractivity contribution in [1.82, 2.24) is 9.88 Å². The van der Waals surface area contributed by atoms with Crippen molar-refractivity contribution in [2.24, 2.45) is 0 Å². The summed E-state index contributed by atoms with van der Waals surface area (Å²) in [6.07, 6.45) is 1.59. The molecule has 0 spiro atoms. The van der Waals surface area contributed by atoms with Crippen LogP contribution in [0.15, 0.2) is 42.6 Å². The number of carbonyl (C=O) groups is 2. The van der Waals surface area contributed by atoms with Crippen molar-refractivity contribution in [3.05, 3.63) is 53.2 Å². The third-order valence-corrected chi connectivity index (χ3v) is 4.44. The number of pyridine rings is 1. The topological polar surface area (TPSA) is 85.8 Å². The number of nitrogens with one attached hydrogen (secondary N) is 1. The summed E-state index contributed by atoms with van der Waals surface area (Å²) in [5, 5.41) is 12.7. The van der Waals surface area contributed by atoms with Crippen LogP contribution in [-0.2, 0) is 4.79 Å². The van der Waals surface area contributed by atoms with Crippen molar-refractivity contribution in [1.29, 1.82) is 0 Å². The maximum atomic E-state index is 12.2. The SMILES string of the molecule is O=C(CN1CCN(c2ncccc2C(=O)O)CC1)Nc1ccc(Cl)cc1. The molecule has 1 aliphatic rings. The second kappa shape index (κ2) is 8.16. The third-order valence-electron chi connectivity index (χ3n) is 4.18. The normalized spacial score (nSPS) is 14.9. The zero-order valence-electron chi connectivity index (χ0n) is 14.1. The Morgan fingerprint density at radius 2 is 1.81 bits per heavy atom. The van der Waals surface area contributed by atoms with E-state index in [4.69, 9.17) is 11.6 Å². The quantitative estimate of drug-likeness (QED) is 0.834. The van der Waals surface area contributed by atoms with Crippen molar-refractivity contribution in [3.8, 4) is 0 Å². The van der Waals surface area contributed by atoms with Gasteiger partial charge in [-0.1, -0.05) is 11.6 Å². The lowest BCUT2D eigenvalue weighted by Crippen LogP contribution is -2.49. The molecule has 26 heavy (non-hydrogen) atoms. The fourth-order valence-corrected chi connectivity index (χ4v) is 3.00. The van der Waals surface area contributed by atoms with E-state index in [9.17, 15) is 14.7 Å². The van der Waals surface area contributed by atoms with Crippen LogP contribution in [0.5, 0.6) is 0 Å². The number of rotatable bonds is 5. The van der Waals surface area contributed by atoms with Gasteiger partial charge in [-0.25, -0.2) is 9.78 Å². The smallest absolute Gasteiger partial charge is 0.339 e. The number of aromatic nitrogens is 1. The summed E-state index contributed by atoms with van der Waals surface area (Å²) in [7, 11) is 0. The van der Waals surface area contributed by atoms with E-state index in [-0.39, 0.29) is 18.0 Å². The molecule has 0 atom stereocenters. The zero-order valence-corrected chi connectivity index (χ0v) is 14.8. The lowest BCUT2D eigenvalue weighted by atomic mass is 10.2. The molecular weight excluding hydrogens is 356 g/mol. The average Bonchev–Trinajstić information content (AvgIpc) is 2.64. The van der Waals surface area contributed by atoms with Gasteiger partial charge < -0.3 is 15.3 Å². The van der Waals surface area contributed by atoms with Gasteiger partial charge in [-0.15, -0.1) is 0 Å². The van der Waals surface area contributed by atoms with Crippen LogP contribution in [0.4, 0.5) is 11.5 Å². The van der Waals surface area contributed by atoms with Crippen LogP contribution in [0.25, 0.3) is 0 Å². The molecule has 1 saturated heterocycles. The Bertz CT molecular complexity index is 789. The highest BCUT2D eigenvalue weighted by atomic mass is 35.5. The number of carboxylic acids is 1. The van der Waals surface area contributed by atoms with Crippen LogP contribution < -0.4 is 10.2 Å². The van der Waals surface area contributed by atoms with E-state index in [2.05, 4.69) is 10.3 Å². The molecule has 1 amide bonds. The number of amides is 1. The van der Waals surface area contributed by atoms with Crippen molar-refractivity contribution in [3.63, 3.8) is 0 Å². The molecule has 0 aliphatic carbocycles. The number of carboxylic acid groups (broad SMARTS) is 1. The molecule has 7 nitrogen and oxygen atoms in total. The van der Waals surface area contributed by atoms with Crippen LogP contribution in [0, 0.1) is 0 Å². The third kappa shape index (κ3) is 4.50. The highest BCUT2D eigenvalue weighted by molar-refractivity contribution is 6.30. The maximum absolute atomic E-state index is 12.2. The molecule has 8 heteroatoms. The minimum Gasteiger partial charge on any atom is -0.478 e. The molecule has 1 aromatic heterocycles. The van der Waals surface area contributed by atoms with Gasteiger partial charge in [0.25, 0.3) is 0 Å². The number of benzene rings is 1. The number of aromatic carboxylic acids is 1. The molecule has 1 aromatic carbocycles. The number of hydrogen-bond donors (Lipinski definition) is 2. The number of hydrogen-bond acceptors (Lipinski definition) is 5. The maximum Gasteiger partial charge on any atom is 0.339 e. The summed E-state index contributed by atoms with van der Waals surface area (Å²) in [5.74, 6) is -0.604. The number of carbonyl (C=O) groups excluding carboxylic acids is 1. The molecule has 3 rings (SSSR count). The van der Waals surface area contributed by atoms with E-state index in [0.29, 0.717) is 42.7 Å². The average molecular weight is 375 g/mol. The Morgan fingerprint density at radius 3 is 2.46 bits per heavy atom. The van der Waals surface area contributed by atoms with Gasteiger partial charge >= 0.3 is 5.97 Å². The Kier molecular flexibility index (Phi) is 5.70. The Labute approximate surface area is 156 Å². The standard InChI is InChI=1S/C18H19ClN4O3/c19-13-3-5-14(6-4-13)21-16(24)12-22-8-10-23(11-9-22)17-15(18(25)26)2-1-7-20-17/h1-7H,8-12H2,(H,21,24)(H,25,26). The van der Waals surface area contributed by atoms with E-state index in [1.807, 2.05) is 9.80 Å². The van der Waals surface area contributed by atoms with Gasteiger partial charge in [-0.2, -0.15) is 0 Å². The molecule has 2 heterocycles. The Hall–Kier alpha value is -2.64. The van der Waals surface area contributed by atoms with Gasteiger partial charge in [0.2, 0.25) is 5.91 Å². The number of nitrogens with zero attached hydrogens (tertiary/aromatic N) is 3. The summed E-state index contributed by atoms with van der Waals surface area (Å²) in [5.41, 5.74) is 0.902. The first kappa shape index (κ1) is 18.2. The van der Waals surface area contributed by atoms with E-state index >= 15 is 0 Å². The molecule has 0 bridgehead atoms. The fraction of sp³-hybridized carbons (Fsp3) is 0.278. The number of piperazine rings is 1. The van der Waals surface area contributed by atoms with Crippen molar-refractivity contribution in [2.45, 2.75) is 0 Å². The van der Waals surface area contributed by atoms with Gasteiger partial charge in [-0.3, -0.25) is 9.69 Å². The second-order valence-electron chi connectivity index (χ2n) is 6.00. The summed E-state index contributed by atoms with van der Waals surface area (Å²) < 4.78 is 0. The van der Waals surface area contributed by atoms with Gasteiger partial charge in [-0.05, 0) is 36.4 Å². The first-order valence-corrected chi connectivity index (χ1v) is 8.62. The fourth-order valence-electron chi connectivity index (χ4n) is 2.87. The summed E-state index contributed by atoms with van der Waals surface area (Å²) in [6.45, 7) is 2.83. The molecule has 0 saturated carbocycles. The summed E-state index contributed by atoms with van der Waals surface area (Å²) >= 11 is 5.83. The lowest BCUT2D eigenvalue weighted by molar-refractivity contribution is -0.117. The van der Waals surface area contributed by atoms with Crippen molar-refractivity contribution >= 4 is 35.0 Å². The highest BCUT2D eigenvalue weighted by Gasteiger charge is 2.23. The first-order valence-electron chi connectivity index (χ1n) is 8.24. The van der Waals surface area contributed by atoms with E-state index in [0.717, 1.165) is 0 Å². The molecule has 136 valence electrons. The van der Waals surface area contributed by atoms with Crippen LogP contribution in [-0.4, -0.2) is 59.6 Å².